The van der Waals surface area contributed by atoms with Crippen molar-refractivity contribution < 1.29 is 9.63 Å². The maximum Gasteiger partial charge on any atom is 0.243 e. The second kappa shape index (κ2) is 3.45. The van der Waals surface area contributed by atoms with E-state index in [0.29, 0.717) is 18.1 Å². The maximum atomic E-state index is 8.51. The molecule has 0 saturated carbocycles. The first-order valence-electron chi connectivity index (χ1n) is 3.43. The number of hydrogen-bond acceptors (Lipinski definition) is 5. The molecule has 0 spiro atoms. The summed E-state index contributed by atoms with van der Waals surface area (Å²) >= 11 is 0. The molecule has 62 valence electrons. The van der Waals surface area contributed by atoms with Crippen LogP contribution in [-0.2, 0) is 6.42 Å². The molecule has 0 bridgehead atoms. The van der Waals surface area contributed by atoms with E-state index in [9.17, 15) is 0 Å². The summed E-state index contributed by atoms with van der Waals surface area (Å²) in [6.45, 7) is 1.79. The van der Waals surface area contributed by atoms with Gasteiger partial charge in [-0.3, -0.25) is 0 Å². The smallest absolute Gasteiger partial charge is 0.243 e. The summed E-state index contributed by atoms with van der Waals surface area (Å²) in [5.41, 5.74) is 5.46. The van der Waals surface area contributed by atoms with Crippen LogP contribution < -0.4 is 5.73 Å². The lowest BCUT2D eigenvalue weighted by Gasteiger charge is -1.92. The Labute approximate surface area is 64.2 Å². The summed E-state index contributed by atoms with van der Waals surface area (Å²) in [5.74, 6) is 0.910. The van der Waals surface area contributed by atoms with E-state index in [4.69, 9.17) is 15.4 Å². The largest absolute Gasteiger partial charge is 0.396 e. The molecule has 1 heterocycles. The quantitative estimate of drug-likeness (QED) is 0.625. The summed E-state index contributed by atoms with van der Waals surface area (Å²) < 4.78 is 4.78. The Balaban J connectivity index is 2.66. The first-order valence-corrected chi connectivity index (χ1v) is 3.43. The van der Waals surface area contributed by atoms with Crippen molar-refractivity contribution in [2.45, 2.75) is 19.4 Å². The summed E-state index contributed by atoms with van der Waals surface area (Å²) in [4.78, 5) is 3.94. The number of nitrogens with zero attached hydrogens (tertiary/aromatic N) is 2. The third-order valence-electron chi connectivity index (χ3n) is 1.21. The van der Waals surface area contributed by atoms with E-state index < -0.39 is 0 Å². The van der Waals surface area contributed by atoms with Crippen molar-refractivity contribution in [3.8, 4) is 0 Å². The van der Waals surface area contributed by atoms with Crippen LogP contribution in [0, 0.1) is 0 Å². The van der Waals surface area contributed by atoms with Crippen LogP contribution in [0.25, 0.3) is 0 Å². The van der Waals surface area contributed by atoms with Crippen LogP contribution in [0.2, 0.25) is 0 Å². The van der Waals surface area contributed by atoms with Gasteiger partial charge in [-0.2, -0.15) is 4.98 Å². The molecule has 1 unspecified atom stereocenters. The highest BCUT2D eigenvalue weighted by Crippen LogP contribution is 2.05. The van der Waals surface area contributed by atoms with E-state index in [1.54, 1.807) is 6.92 Å². The molecule has 1 aromatic rings. The van der Waals surface area contributed by atoms with Crippen LogP contribution in [-0.4, -0.2) is 21.9 Å². The van der Waals surface area contributed by atoms with Gasteiger partial charge in [-0.25, -0.2) is 0 Å². The minimum absolute atomic E-state index is 0.0257. The first-order chi connectivity index (χ1) is 5.24. The number of rotatable bonds is 3. The molecular formula is C6H11N3O2. The lowest BCUT2D eigenvalue weighted by molar-refractivity contribution is 0.292. The zero-order valence-corrected chi connectivity index (χ0v) is 6.32. The monoisotopic (exact) mass is 157 g/mol. The Morgan fingerprint density at radius 3 is 2.91 bits per heavy atom. The molecular weight excluding hydrogens is 146 g/mol. The van der Waals surface area contributed by atoms with E-state index in [1.807, 2.05) is 0 Å². The summed E-state index contributed by atoms with van der Waals surface area (Å²) in [7, 11) is 0. The summed E-state index contributed by atoms with van der Waals surface area (Å²) in [5, 5.41) is 12.1. The van der Waals surface area contributed by atoms with Gasteiger partial charge >= 0.3 is 0 Å². The predicted molar refractivity (Wildman–Crippen MR) is 37.7 cm³/mol. The second-order valence-electron chi connectivity index (χ2n) is 2.31. The molecule has 0 aromatic carbocycles. The third-order valence-corrected chi connectivity index (χ3v) is 1.21. The predicted octanol–water partition coefficient (Wildman–Crippen LogP) is -0.376. The van der Waals surface area contributed by atoms with Crippen LogP contribution in [0.15, 0.2) is 4.52 Å². The van der Waals surface area contributed by atoms with Gasteiger partial charge in [-0.15, -0.1) is 0 Å². The number of aliphatic hydroxyl groups excluding tert-OH is 1. The van der Waals surface area contributed by atoms with Crippen molar-refractivity contribution in [2.75, 3.05) is 6.61 Å². The third kappa shape index (κ3) is 1.99. The van der Waals surface area contributed by atoms with Gasteiger partial charge in [0.15, 0.2) is 5.82 Å². The van der Waals surface area contributed by atoms with Gasteiger partial charge in [-0.05, 0) is 6.92 Å². The van der Waals surface area contributed by atoms with Crippen molar-refractivity contribution in [3.63, 3.8) is 0 Å². The van der Waals surface area contributed by atoms with Crippen LogP contribution in [0.1, 0.15) is 24.7 Å². The SMILES string of the molecule is CC(N)c1nc(CCO)no1. The van der Waals surface area contributed by atoms with Gasteiger partial charge in [0, 0.05) is 6.42 Å². The molecule has 1 aromatic heterocycles. The molecule has 5 heteroatoms. The Morgan fingerprint density at radius 1 is 1.73 bits per heavy atom. The van der Waals surface area contributed by atoms with E-state index >= 15 is 0 Å². The standard InChI is InChI=1S/C6H11N3O2/c1-4(7)6-8-5(2-3-10)9-11-6/h4,10H,2-3,7H2,1H3. The highest BCUT2D eigenvalue weighted by atomic mass is 16.5. The fourth-order valence-electron chi connectivity index (χ4n) is 0.654. The zero-order chi connectivity index (χ0) is 8.27. The fraction of sp³-hybridized carbons (Fsp3) is 0.667. The minimum Gasteiger partial charge on any atom is -0.396 e. The van der Waals surface area contributed by atoms with Crippen molar-refractivity contribution >= 4 is 0 Å². The topological polar surface area (TPSA) is 85.2 Å². The summed E-state index contributed by atoms with van der Waals surface area (Å²) in [6, 6.07) is -0.241. The molecule has 0 fully saturated rings. The molecule has 1 rings (SSSR count). The molecule has 0 aliphatic heterocycles. The van der Waals surface area contributed by atoms with E-state index in [2.05, 4.69) is 10.1 Å². The number of nitrogens with two attached hydrogens (primary N) is 1. The van der Waals surface area contributed by atoms with Crippen molar-refractivity contribution in [1.29, 1.82) is 0 Å². The lowest BCUT2D eigenvalue weighted by atomic mass is 10.4. The molecule has 0 radical (unpaired) electrons. The lowest BCUT2D eigenvalue weighted by Crippen LogP contribution is -2.05. The van der Waals surface area contributed by atoms with Crippen molar-refractivity contribution in [1.82, 2.24) is 10.1 Å². The summed E-state index contributed by atoms with van der Waals surface area (Å²) in [6.07, 6.45) is 0.413. The highest BCUT2D eigenvalue weighted by Gasteiger charge is 2.08. The zero-order valence-electron chi connectivity index (χ0n) is 6.32. The van der Waals surface area contributed by atoms with Gasteiger partial charge in [-0.1, -0.05) is 5.16 Å². The van der Waals surface area contributed by atoms with E-state index in [-0.39, 0.29) is 12.6 Å². The number of aliphatic hydroxyl groups is 1. The van der Waals surface area contributed by atoms with Gasteiger partial charge in [0.25, 0.3) is 0 Å². The second-order valence-corrected chi connectivity index (χ2v) is 2.31. The van der Waals surface area contributed by atoms with Gasteiger partial charge in [0.2, 0.25) is 5.89 Å². The molecule has 1 atom stereocenters. The highest BCUT2D eigenvalue weighted by molar-refractivity contribution is 4.89. The Kier molecular flexibility index (Phi) is 2.56. The number of hydrogen-bond donors (Lipinski definition) is 2. The maximum absolute atomic E-state index is 8.51. The molecule has 0 aliphatic rings. The first kappa shape index (κ1) is 8.16. The molecule has 5 nitrogen and oxygen atoms in total. The van der Waals surface area contributed by atoms with Crippen LogP contribution in [0.4, 0.5) is 0 Å². The Hall–Kier alpha value is -0.940. The molecule has 0 saturated heterocycles. The van der Waals surface area contributed by atoms with E-state index in [0.717, 1.165) is 0 Å². The van der Waals surface area contributed by atoms with Crippen LogP contribution >= 0.6 is 0 Å². The average molecular weight is 157 g/mol. The number of aromatic nitrogens is 2. The van der Waals surface area contributed by atoms with Crippen LogP contribution in [0.3, 0.4) is 0 Å². The molecule has 0 amide bonds. The van der Waals surface area contributed by atoms with E-state index in [1.165, 1.54) is 0 Å². The molecule has 3 N–H and O–H groups in total. The van der Waals surface area contributed by atoms with Crippen molar-refractivity contribution in [2.24, 2.45) is 5.73 Å². The average Bonchev–Trinajstić information content (AvgIpc) is 2.37. The fourth-order valence-corrected chi connectivity index (χ4v) is 0.654. The molecule has 11 heavy (non-hydrogen) atoms. The van der Waals surface area contributed by atoms with Gasteiger partial charge in [0.1, 0.15) is 0 Å². The Morgan fingerprint density at radius 2 is 2.45 bits per heavy atom. The Bertz CT molecular complexity index is 221. The van der Waals surface area contributed by atoms with Crippen LogP contribution in [0.5, 0.6) is 0 Å². The minimum atomic E-state index is -0.241. The van der Waals surface area contributed by atoms with Gasteiger partial charge in [0.05, 0.1) is 12.6 Å². The normalized spacial score (nSPS) is 13.4. The van der Waals surface area contributed by atoms with Crippen molar-refractivity contribution in [3.05, 3.63) is 11.7 Å². The molecule has 0 aliphatic carbocycles. The van der Waals surface area contributed by atoms with Gasteiger partial charge < -0.3 is 15.4 Å².